The van der Waals surface area contributed by atoms with Gasteiger partial charge in [0.15, 0.2) is 6.61 Å². The van der Waals surface area contributed by atoms with Crippen molar-refractivity contribution in [3.05, 3.63) is 65.7 Å². The number of carbonyl (C=O) groups excluding carboxylic acids is 4. The minimum Gasteiger partial charge on any atom is -0.452 e. The van der Waals surface area contributed by atoms with Crippen LogP contribution >= 0.6 is 0 Å². The summed E-state index contributed by atoms with van der Waals surface area (Å²) in [5, 5.41) is 0. The van der Waals surface area contributed by atoms with Crippen molar-refractivity contribution in [2.45, 2.75) is 39.3 Å². The second-order valence-electron chi connectivity index (χ2n) is 7.35. The predicted molar refractivity (Wildman–Crippen MR) is 111 cm³/mol. The zero-order chi connectivity index (χ0) is 21.7. The number of amides is 3. The molecule has 0 saturated carbocycles. The van der Waals surface area contributed by atoms with E-state index in [9.17, 15) is 19.2 Å². The van der Waals surface area contributed by atoms with Gasteiger partial charge in [0.25, 0.3) is 5.91 Å². The molecule has 30 heavy (non-hydrogen) atoms. The van der Waals surface area contributed by atoms with Crippen LogP contribution < -0.4 is 4.90 Å². The van der Waals surface area contributed by atoms with Crippen molar-refractivity contribution >= 4 is 29.4 Å². The SMILES string of the molecule is CC(C)N(Cc1ccccc1)C(=O)COC(=O)c1ccc(N2C(=O)CCC2=O)cc1. The summed E-state index contributed by atoms with van der Waals surface area (Å²) in [6, 6.07) is 15.6. The third-order valence-electron chi connectivity index (χ3n) is 4.88. The number of benzene rings is 2. The number of rotatable bonds is 7. The van der Waals surface area contributed by atoms with Crippen molar-refractivity contribution in [2.75, 3.05) is 11.5 Å². The van der Waals surface area contributed by atoms with Crippen LogP contribution in [-0.4, -0.2) is 41.2 Å². The van der Waals surface area contributed by atoms with Crippen LogP contribution in [0.4, 0.5) is 5.69 Å². The second-order valence-corrected chi connectivity index (χ2v) is 7.35. The minimum absolute atomic E-state index is 0.0498. The van der Waals surface area contributed by atoms with Gasteiger partial charge in [-0.25, -0.2) is 4.79 Å². The minimum atomic E-state index is -0.641. The average molecular weight is 408 g/mol. The molecule has 3 rings (SSSR count). The van der Waals surface area contributed by atoms with Crippen LogP contribution in [0.5, 0.6) is 0 Å². The van der Waals surface area contributed by atoms with Gasteiger partial charge in [-0.2, -0.15) is 0 Å². The molecule has 0 spiro atoms. The first-order chi connectivity index (χ1) is 14.4. The van der Waals surface area contributed by atoms with Gasteiger partial charge in [0, 0.05) is 25.4 Å². The molecule has 0 atom stereocenters. The molecule has 156 valence electrons. The Hall–Kier alpha value is -3.48. The molecule has 2 aromatic carbocycles. The van der Waals surface area contributed by atoms with E-state index in [0.717, 1.165) is 10.5 Å². The van der Waals surface area contributed by atoms with Crippen molar-refractivity contribution in [1.82, 2.24) is 4.90 Å². The lowest BCUT2D eigenvalue weighted by atomic mass is 10.2. The van der Waals surface area contributed by atoms with E-state index >= 15 is 0 Å². The van der Waals surface area contributed by atoms with Gasteiger partial charge >= 0.3 is 5.97 Å². The fourth-order valence-corrected chi connectivity index (χ4v) is 3.24. The quantitative estimate of drug-likeness (QED) is 0.520. The number of imide groups is 1. The Labute approximate surface area is 175 Å². The Morgan fingerprint density at radius 2 is 1.57 bits per heavy atom. The van der Waals surface area contributed by atoms with Crippen molar-refractivity contribution in [1.29, 1.82) is 0 Å². The van der Waals surface area contributed by atoms with Gasteiger partial charge in [-0.1, -0.05) is 30.3 Å². The number of hydrogen-bond acceptors (Lipinski definition) is 5. The van der Waals surface area contributed by atoms with E-state index in [0.29, 0.717) is 12.2 Å². The summed E-state index contributed by atoms with van der Waals surface area (Å²) in [6.07, 6.45) is 0.389. The molecule has 0 aliphatic carbocycles. The lowest BCUT2D eigenvalue weighted by molar-refractivity contribution is -0.137. The number of nitrogens with zero attached hydrogens (tertiary/aromatic N) is 2. The number of ether oxygens (including phenoxy) is 1. The van der Waals surface area contributed by atoms with Crippen molar-refractivity contribution in [3.8, 4) is 0 Å². The van der Waals surface area contributed by atoms with E-state index in [2.05, 4.69) is 0 Å². The first-order valence-electron chi connectivity index (χ1n) is 9.83. The van der Waals surface area contributed by atoms with Crippen LogP contribution in [0.25, 0.3) is 0 Å². The van der Waals surface area contributed by atoms with Crippen LogP contribution in [0.15, 0.2) is 54.6 Å². The Morgan fingerprint density at radius 3 is 2.13 bits per heavy atom. The fraction of sp³-hybridized carbons (Fsp3) is 0.304. The summed E-state index contributed by atoms with van der Waals surface area (Å²) in [5.74, 6) is -1.44. The van der Waals surface area contributed by atoms with Gasteiger partial charge < -0.3 is 9.64 Å². The van der Waals surface area contributed by atoms with Gasteiger partial charge in [-0.15, -0.1) is 0 Å². The lowest BCUT2D eigenvalue weighted by Crippen LogP contribution is -2.39. The maximum Gasteiger partial charge on any atom is 0.338 e. The molecule has 0 unspecified atom stereocenters. The highest BCUT2D eigenvalue weighted by Crippen LogP contribution is 2.23. The summed E-state index contributed by atoms with van der Waals surface area (Å²) in [7, 11) is 0. The zero-order valence-electron chi connectivity index (χ0n) is 17.0. The van der Waals surface area contributed by atoms with Crippen LogP contribution in [0.2, 0.25) is 0 Å². The predicted octanol–water partition coefficient (Wildman–Crippen LogP) is 2.93. The third kappa shape index (κ3) is 4.92. The molecule has 7 nitrogen and oxygen atoms in total. The van der Waals surface area contributed by atoms with Crippen molar-refractivity contribution in [3.63, 3.8) is 0 Å². The number of carbonyl (C=O) groups is 4. The molecule has 1 aliphatic rings. The molecule has 0 radical (unpaired) electrons. The summed E-state index contributed by atoms with van der Waals surface area (Å²) < 4.78 is 5.19. The monoisotopic (exact) mass is 408 g/mol. The van der Waals surface area contributed by atoms with Crippen LogP contribution in [0, 0.1) is 0 Å². The molecule has 0 bridgehead atoms. The van der Waals surface area contributed by atoms with E-state index in [1.54, 1.807) is 4.90 Å². The Balaban J connectivity index is 1.59. The molecule has 1 aliphatic heterocycles. The third-order valence-corrected chi connectivity index (χ3v) is 4.88. The molecule has 1 fully saturated rings. The second kappa shape index (κ2) is 9.35. The van der Waals surface area contributed by atoms with Gasteiger partial charge in [0.05, 0.1) is 11.3 Å². The Morgan fingerprint density at radius 1 is 0.967 bits per heavy atom. The van der Waals surface area contributed by atoms with E-state index in [4.69, 9.17) is 4.74 Å². The first kappa shape index (κ1) is 21.2. The van der Waals surface area contributed by atoms with Crippen LogP contribution in [0.3, 0.4) is 0 Å². The Kier molecular flexibility index (Phi) is 6.61. The smallest absolute Gasteiger partial charge is 0.338 e. The summed E-state index contributed by atoms with van der Waals surface area (Å²) in [5.41, 5.74) is 1.65. The molecule has 0 N–H and O–H groups in total. The molecule has 0 aromatic heterocycles. The fourth-order valence-electron chi connectivity index (χ4n) is 3.24. The number of esters is 1. The molecular formula is C23H24N2O5. The highest BCUT2D eigenvalue weighted by Gasteiger charge is 2.30. The summed E-state index contributed by atoms with van der Waals surface area (Å²) in [6.45, 7) is 3.88. The topological polar surface area (TPSA) is 84.0 Å². The van der Waals surface area contributed by atoms with Gasteiger partial charge in [0.2, 0.25) is 11.8 Å². The molecule has 7 heteroatoms. The largest absolute Gasteiger partial charge is 0.452 e. The van der Waals surface area contributed by atoms with E-state index in [-0.39, 0.29) is 48.8 Å². The van der Waals surface area contributed by atoms with Gasteiger partial charge in [-0.05, 0) is 43.7 Å². The van der Waals surface area contributed by atoms with Gasteiger partial charge in [-0.3, -0.25) is 19.3 Å². The highest BCUT2D eigenvalue weighted by atomic mass is 16.5. The molecule has 1 heterocycles. The zero-order valence-corrected chi connectivity index (χ0v) is 17.0. The van der Waals surface area contributed by atoms with E-state index in [1.807, 2.05) is 44.2 Å². The molecular weight excluding hydrogens is 384 g/mol. The van der Waals surface area contributed by atoms with Crippen molar-refractivity contribution < 1.29 is 23.9 Å². The highest BCUT2D eigenvalue weighted by molar-refractivity contribution is 6.19. The van der Waals surface area contributed by atoms with Crippen LogP contribution in [0.1, 0.15) is 42.6 Å². The Bertz CT molecular complexity index is 922. The van der Waals surface area contributed by atoms with E-state index in [1.165, 1.54) is 24.3 Å². The molecule has 1 saturated heterocycles. The normalized spacial score (nSPS) is 13.6. The summed E-state index contributed by atoms with van der Waals surface area (Å²) in [4.78, 5) is 51.3. The maximum atomic E-state index is 12.6. The number of anilines is 1. The van der Waals surface area contributed by atoms with Gasteiger partial charge in [0.1, 0.15) is 0 Å². The van der Waals surface area contributed by atoms with Crippen LogP contribution in [-0.2, 0) is 25.7 Å². The summed E-state index contributed by atoms with van der Waals surface area (Å²) >= 11 is 0. The lowest BCUT2D eigenvalue weighted by Gasteiger charge is -2.26. The molecule has 3 amide bonds. The maximum absolute atomic E-state index is 12.6. The average Bonchev–Trinajstić information content (AvgIpc) is 3.08. The van der Waals surface area contributed by atoms with Crippen molar-refractivity contribution in [2.24, 2.45) is 0 Å². The first-order valence-corrected chi connectivity index (χ1v) is 9.83. The number of hydrogen-bond donors (Lipinski definition) is 0. The standard InChI is InChI=1S/C23H24N2O5/c1-16(2)24(14-17-6-4-3-5-7-17)22(28)15-30-23(29)18-8-10-19(11-9-18)25-20(26)12-13-21(25)27/h3-11,16H,12-15H2,1-2H3. The van der Waals surface area contributed by atoms with E-state index < -0.39 is 5.97 Å². The molecule has 2 aromatic rings.